The fourth-order valence-corrected chi connectivity index (χ4v) is 3.25. The van der Waals surface area contributed by atoms with E-state index in [4.69, 9.17) is 0 Å². The van der Waals surface area contributed by atoms with Crippen LogP contribution in [0, 0.1) is 0 Å². The molecule has 0 unspecified atom stereocenters. The third kappa shape index (κ3) is 2.20. The van der Waals surface area contributed by atoms with Gasteiger partial charge in [-0.15, -0.1) is 10.2 Å². The number of hydrogen-bond donors (Lipinski definition) is 1. The molecule has 6 nitrogen and oxygen atoms in total. The van der Waals surface area contributed by atoms with Gasteiger partial charge in [0, 0.05) is 18.0 Å². The summed E-state index contributed by atoms with van der Waals surface area (Å²) in [5, 5.41) is 10.4. The van der Waals surface area contributed by atoms with E-state index in [0.717, 1.165) is 27.5 Å². The molecule has 5 aromatic rings. The summed E-state index contributed by atoms with van der Waals surface area (Å²) < 4.78 is 1.43. The van der Waals surface area contributed by atoms with E-state index in [1.807, 2.05) is 30.3 Å². The molecule has 0 radical (unpaired) electrons. The van der Waals surface area contributed by atoms with Gasteiger partial charge in [-0.25, -0.2) is 9.20 Å². The SMILES string of the molecule is O=c1[nH]c(-c2ccncc2)c(-c2ccc3ccccc3c2)c2nncn12. The Kier molecular flexibility index (Phi) is 3.15. The highest BCUT2D eigenvalue weighted by Crippen LogP contribution is 2.33. The Labute approximate surface area is 147 Å². The van der Waals surface area contributed by atoms with E-state index in [9.17, 15) is 4.79 Å². The monoisotopic (exact) mass is 339 g/mol. The number of nitrogens with zero attached hydrogens (tertiary/aromatic N) is 4. The van der Waals surface area contributed by atoms with Crippen LogP contribution < -0.4 is 5.69 Å². The van der Waals surface area contributed by atoms with Gasteiger partial charge in [-0.3, -0.25) is 4.98 Å². The molecule has 0 atom stereocenters. The average Bonchev–Trinajstić information content (AvgIpc) is 3.18. The lowest BCUT2D eigenvalue weighted by molar-refractivity contribution is 1.000. The van der Waals surface area contributed by atoms with E-state index >= 15 is 0 Å². The minimum absolute atomic E-state index is 0.277. The Hall–Kier alpha value is -3.80. The number of pyridine rings is 1. The Balaban J connectivity index is 1.89. The van der Waals surface area contributed by atoms with Crippen LogP contribution in [0.2, 0.25) is 0 Å². The van der Waals surface area contributed by atoms with Crippen molar-refractivity contribution in [2.45, 2.75) is 0 Å². The van der Waals surface area contributed by atoms with Gasteiger partial charge in [0.1, 0.15) is 6.33 Å². The van der Waals surface area contributed by atoms with E-state index < -0.39 is 0 Å². The fourth-order valence-electron chi connectivity index (χ4n) is 3.25. The maximum absolute atomic E-state index is 12.4. The Morgan fingerprint density at radius 1 is 0.885 bits per heavy atom. The normalized spacial score (nSPS) is 11.2. The van der Waals surface area contributed by atoms with E-state index in [0.29, 0.717) is 11.3 Å². The lowest BCUT2D eigenvalue weighted by Gasteiger charge is -2.11. The summed E-state index contributed by atoms with van der Waals surface area (Å²) in [6.45, 7) is 0. The quantitative estimate of drug-likeness (QED) is 0.535. The molecule has 0 aliphatic rings. The average molecular weight is 339 g/mol. The van der Waals surface area contributed by atoms with Crippen LogP contribution in [-0.2, 0) is 0 Å². The minimum Gasteiger partial charge on any atom is -0.306 e. The molecule has 3 aromatic heterocycles. The molecule has 5 rings (SSSR count). The van der Waals surface area contributed by atoms with Crippen molar-refractivity contribution >= 4 is 16.4 Å². The van der Waals surface area contributed by atoms with Crippen molar-refractivity contribution in [2.75, 3.05) is 0 Å². The van der Waals surface area contributed by atoms with E-state index in [1.54, 1.807) is 12.4 Å². The number of aromatic nitrogens is 5. The molecule has 6 heteroatoms. The maximum Gasteiger partial charge on any atom is 0.333 e. The van der Waals surface area contributed by atoms with Gasteiger partial charge in [0.05, 0.1) is 11.3 Å². The molecular weight excluding hydrogens is 326 g/mol. The molecule has 0 aliphatic heterocycles. The smallest absolute Gasteiger partial charge is 0.306 e. The lowest BCUT2D eigenvalue weighted by atomic mass is 9.98. The molecule has 0 saturated carbocycles. The first-order chi connectivity index (χ1) is 12.8. The second kappa shape index (κ2) is 5.63. The topological polar surface area (TPSA) is 75.9 Å². The molecule has 0 aliphatic carbocycles. The summed E-state index contributed by atoms with van der Waals surface area (Å²) in [4.78, 5) is 19.5. The molecule has 0 spiro atoms. The van der Waals surface area contributed by atoms with Gasteiger partial charge in [-0.05, 0) is 34.5 Å². The number of aromatic amines is 1. The van der Waals surface area contributed by atoms with Crippen LogP contribution in [0.4, 0.5) is 0 Å². The summed E-state index contributed by atoms with van der Waals surface area (Å²) in [5.41, 5.74) is 3.61. The molecule has 26 heavy (non-hydrogen) atoms. The number of H-pyrrole nitrogens is 1. The van der Waals surface area contributed by atoms with E-state index in [1.165, 1.54) is 10.7 Å². The third-order valence-corrected chi connectivity index (χ3v) is 4.48. The highest BCUT2D eigenvalue weighted by atomic mass is 16.1. The molecule has 1 N–H and O–H groups in total. The van der Waals surface area contributed by atoms with Gasteiger partial charge in [0.25, 0.3) is 0 Å². The summed E-state index contributed by atoms with van der Waals surface area (Å²) in [6, 6.07) is 18.1. The standard InChI is InChI=1S/C20H13N5O/c26-20-23-18(14-7-9-21-10-8-14)17(19-24-22-12-25(19)20)16-6-5-13-3-1-2-4-15(13)11-16/h1-12H,(H,23,26). The van der Waals surface area contributed by atoms with Crippen LogP contribution in [0.5, 0.6) is 0 Å². The number of fused-ring (bicyclic) bond motifs is 2. The Morgan fingerprint density at radius 2 is 1.69 bits per heavy atom. The van der Waals surface area contributed by atoms with Crippen LogP contribution in [0.15, 0.2) is 78.1 Å². The molecule has 0 amide bonds. The second-order valence-electron chi connectivity index (χ2n) is 6.00. The number of benzene rings is 2. The summed E-state index contributed by atoms with van der Waals surface area (Å²) in [7, 11) is 0. The molecule has 0 bridgehead atoms. The summed E-state index contributed by atoms with van der Waals surface area (Å²) in [5.74, 6) is 0. The third-order valence-electron chi connectivity index (χ3n) is 4.48. The van der Waals surface area contributed by atoms with Crippen LogP contribution >= 0.6 is 0 Å². The predicted molar refractivity (Wildman–Crippen MR) is 99.8 cm³/mol. The van der Waals surface area contributed by atoms with Gasteiger partial charge >= 0.3 is 5.69 Å². The largest absolute Gasteiger partial charge is 0.333 e. The van der Waals surface area contributed by atoms with Gasteiger partial charge in [-0.1, -0.05) is 36.4 Å². The molecule has 2 aromatic carbocycles. The zero-order chi connectivity index (χ0) is 17.5. The Morgan fingerprint density at radius 3 is 2.54 bits per heavy atom. The first-order valence-electron chi connectivity index (χ1n) is 8.17. The molecule has 0 saturated heterocycles. The predicted octanol–water partition coefficient (Wildman–Crippen LogP) is 3.30. The van der Waals surface area contributed by atoms with Crippen molar-refractivity contribution in [2.24, 2.45) is 0 Å². The van der Waals surface area contributed by atoms with Crippen molar-refractivity contribution in [3.63, 3.8) is 0 Å². The summed E-state index contributed by atoms with van der Waals surface area (Å²) in [6.07, 6.45) is 4.83. The number of hydrogen-bond acceptors (Lipinski definition) is 4. The summed E-state index contributed by atoms with van der Waals surface area (Å²) >= 11 is 0. The van der Waals surface area contributed by atoms with Gasteiger partial charge in [0.2, 0.25) is 0 Å². The zero-order valence-electron chi connectivity index (χ0n) is 13.6. The van der Waals surface area contributed by atoms with Crippen LogP contribution in [0.3, 0.4) is 0 Å². The lowest BCUT2D eigenvalue weighted by Crippen LogP contribution is -2.17. The fraction of sp³-hybridized carbons (Fsp3) is 0. The number of nitrogens with one attached hydrogen (secondary N) is 1. The van der Waals surface area contributed by atoms with Gasteiger partial charge in [0.15, 0.2) is 5.65 Å². The second-order valence-corrected chi connectivity index (χ2v) is 6.00. The molecule has 0 fully saturated rings. The van der Waals surface area contributed by atoms with Gasteiger partial charge in [-0.2, -0.15) is 0 Å². The van der Waals surface area contributed by atoms with Crippen LogP contribution in [0.25, 0.3) is 38.8 Å². The van der Waals surface area contributed by atoms with Crippen molar-refractivity contribution in [1.82, 2.24) is 24.6 Å². The van der Waals surface area contributed by atoms with Crippen LogP contribution in [0.1, 0.15) is 0 Å². The van der Waals surface area contributed by atoms with Crippen molar-refractivity contribution < 1.29 is 0 Å². The Bertz CT molecular complexity index is 1300. The highest BCUT2D eigenvalue weighted by molar-refractivity contribution is 5.94. The maximum atomic E-state index is 12.4. The minimum atomic E-state index is -0.277. The van der Waals surface area contributed by atoms with E-state index in [2.05, 4.69) is 44.4 Å². The molecule has 124 valence electrons. The van der Waals surface area contributed by atoms with Crippen molar-refractivity contribution in [3.8, 4) is 22.4 Å². The van der Waals surface area contributed by atoms with Crippen molar-refractivity contribution in [3.05, 3.63) is 83.8 Å². The number of rotatable bonds is 2. The van der Waals surface area contributed by atoms with E-state index in [-0.39, 0.29) is 5.69 Å². The zero-order valence-corrected chi connectivity index (χ0v) is 13.6. The van der Waals surface area contributed by atoms with Crippen LogP contribution in [-0.4, -0.2) is 24.6 Å². The van der Waals surface area contributed by atoms with Gasteiger partial charge < -0.3 is 4.98 Å². The molecular formula is C20H13N5O. The first kappa shape index (κ1) is 14.5. The first-order valence-corrected chi connectivity index (χ1v) is 8.17. The molecule has 3 heterocycles. The van der Waals surface area contributed by atoms with Crippen molar-refractivity contribution in [1.29, 1.82) is 0 Å². The highest BCUT2D eigenvalue weighted by Gasteiger charge is 2.17.